The van der Waals surface area contributed by atoms with Gasteiger partial charge in [-0.05, 0) is 26.7 Å². The van der Waals surface area contributed by atoms with E-state index in [1.165, 1.54) is 0 Å². The van der Waals surface area contributed by atoms with Gasteiger partial charge in [0, 0.05) is 19.0 Å². The molecule has 1 amide bonds. The van der Waals surface area contributed by atoms with Crippen molar-refractivity contribution in [3.63, 3.8) is 0 Å². The molecule has 0 radical (unpaired) electrons. The molecule has 0 bridgehead atoms. The molecule has 0 aromatic heterocycles. The highest BCUT2D eigenvalue weighted by molar-refractivity contribution is 6.05. The van der Waals surface area contributed by atoms with E-state index in [1.54, 1.807) is 13.8 Å². The maximum Gasteiger partial charge on any atom is 0.235 e. The van der Waals surface area contributed by atoms with Gasteiger partial charge in [-0.25, -0.2) is 0 Å². The predicted molar refractivity (Wildman–Crippen MR) is 59.4 cm³/mol. The summed E-state index contributed by atoms with van der Waals surface area (Å²) < 4.78 is 0. The molecule has 0 aromatic carbocycles. The van der Waals surface area contributed by atoms with Crippen LogP contribution < -0.4 is 0 Å². The van der Waals surface area contributed by atoms with Gasteiger partial charge in [-0.3, -0.25) is 9.59 Å². The number of hydrogen-bond acceptors (Lipinski definition) is 2. The van der Waals surface area contributed by atoms with Gasteiger partial charge in [-0.2, -0.15) is 0 Å². The van der Waals surface area contributed by atoms with E-state index in [9.17, 15) is 9.59 Å². The molecular formula is C12H21NO2. The summed E-state index contributed by atoms with van der Waals surface area (Å²) in [5.74, 6) is -0.0374. The third-order valence-electron chi connectivity index (χ3n) is 3.07. The number of hydrogen-bond donors (Lipinski definition) is 0. The second kappa shape index (κ2) is 4.33. The topological polar surface area (TPSA) is 37.4 Å². The van der Waals surface area contributed by atoms with Crippen LogP contribution >= 0.6 is 0 Å². The van der Waals surface area contributed by atoms with Crippen LogP contribution in [0.15, 0.2) is 0 Å². The highest BCUT2D eigenvalue weighted by Crippen LogP contribution is 2.26. The standard InChI is InChI=1S/C12H21NO2/c1-9(2)10(14)12(3,4)11(15)13-7-5-6-8-13/h9H,5-8H2,1-4H3. The summed E-state index contributed by atoms with van der Waals surface area (Å²) in [5, 5.41) is 0. The molecule has 0 saturated carbocycles. The molecule has 0 N–H and O–H groups in total. The van der Waals surface area contributed by atoms with E-state index < -0.39 is 5.41 Å². The van der Waals surface area contributed by atoms with Crippen LogP contribution in [0, 0.1) is 11.3 Å². The van der Waals surface area contributed by atoms with E-state index in [-0.39, 0.29) is 17.6 Å². The van der Waals surface area contributed by atoms with Gasteiger partial charge < -0.3 is 4.90 Å². The molecule has 1 rings (SSSR count). The van der Waals surface area contributed by atoms with E-state index in [4.69, 9.17) is 0 Å². The van der Waals surface area contributed by atoms with Crippen LogP contribution in [0.5, 0.6) is 0 Å². The average molecular weight is 211 g/mol. The first-order chi connectivity index (χ1) is 6.87. The van der Waals surface area contributed by atoms with Crippen molar-refractivity contribution < 1.29 is 9.59 Å². The van der Waals surface area contributed by atoms with E-state index in [1.807, 2.05) is 18.7 Å². The Balaban J connectivity index is 2.75. The normalized spacial score (nSPS) is 17.3. The molecule has 15 heavy (non-hydrogen) atoms. The number of amides is 1. The largest absolute Gasteiger partial charge is 0.342 e. The Bertz CT molecular complexity index is 263. The molecule has 1 aliphatic rings. The number of rotatable bonds is 3. The summed E-state index contributed by atoms with van der Waals surface area (Å²) in [6, 6.07) is 0. The minimum atomic E-state index is -0.849. The van der Waals surface area contributed by atoms with Crippen LogP contribution in [0.4, 0.5) is 0 Å². The number of ketones is 1. The van der Waals surface area contributed by atoms with E-state index >= 15 is 0 Å². The molecule has 0 unspecified atom stereocenters. The fraction of sp³-hybridized carbons (Fsp3) is 0.833. The van der Waals surface area contributed by atoms with Gasteiger partial charge in [0.25, 0.3) is 0 Å². The fourth-order valence-electron chi connectivity index (χ4n) is 2.14. The summed E-state index contributed by atoms with van der Waals surface area (Å²) in [4.78, 5) is 25.9. The number of likely N-dealkylation sites (tertiary alicyclic amines) is 1. The first-order valence-electron chi connectivity index (χ1n) is 5.71. The van der Waals surface area contributed by atoms with Gasteiger partial charge in [0.2, 0.25) is 5.91 Å². The zero-order valence-electron chi connectivity index (χ0n) is 10.2. The van der Waals surface area contributed by atoms with Crippen LogP contribution in [-0.4, -0.2) is 29.7 Å². The van der Waals surface area contributed by atoms with Crippen LogP contribution in [0.1, 0.15) is 40.5 Å². The van der Waals surface area contributed by atoms with E-state index in [0.29, 0.717) is 0 Å². The minimum Gasteiger partial charge on any atom is -0.342 e. The lowest BCUT2D eigenvalue weighted by Gasteiger charge is -2.29. The lowest BCUT2D eigenvalue weighted by Crippen LogP contribution is -2.45. The van der Waals surface area contributed by atoms with Gasteiger partial charge in [-0.15, -0.1) is 0 Å². The Labute approximate surface area is 91.8 Å². The van der Waals surface area contributed by atoms with Gasteiger partial charge >= 0.3 is 0 Å². The molecule has 0 aliphatic carbocycles. The first kappa shape index (κ1) is 12.2. The highest BCUT2D eigenvalue weighted by Gasteiger charge is 2.40. The SMILES string of the molecule is CC(C)C(=O)C(C)(C)C(=O)N1CCCC1. The molecule has 3 heteroatoms. The Morgan fingerprint density at radius 3 is 2.00 bits per heavy atom. The molecule has 0 aromatic rings. The summed E-state index contributed by atoms with van der Waals surface area (Å²) in [7, 11) is 0. The van der Waals surface area contributed by atoms with Crippen molar-refractivity contribution in [2.75, 3.05) is 13.1 Å². The number of carbonyl (C=O) groups is 2. The van der Waals surface area contributed by atoms with Gasteiger partial charge in [0.05, 0.1) is 0 Å². The van der Waals surface area contributed by atoms with Gasteiger partial charge in [-0.1, -0.05) is 13.8 Å². The second-order valence-electron chi connectivity index (χ2n) is 5.14. The molecule has 86 valence electrons. The van der Waals surface area contributed by atoms with Crippen LogP contribution in [-0.2, 0) is 9.59 Å². The zero-order valence-corrected chi connectivity index (χ0v) is 10.2. The molecule has 1 heterocycles. The van der Waals surface area contributed by atoms with Crippen molar-refractivity contribution in [1.29, 1.82) is 0 Å². The summed E-state index contributed by atoms with van der Waals surface area (Å²) in [6.07, 6.45) is 2.13. The number of nitrogens with zero attached hydrogens (tertiary/aromatic N) is 1. The Morgan fingerprint density at radius 2 is 1.60 bits per heavy atom. The van der Waals surface area contributed by atoms with E-state index in [0.717, 1.165) is 25.9 Å². The smallest absolute Gasteiger partial charge is 0.235 e. The van der Waals surface area contributed by atoms with Crippen LogP contribution in [0.3, 0.4) is 0 Å². The summed E-state index contributed by atoms with van der Waals surface area (Å²) in [6.45, 7) is 8.82. The lowest BCUT2D eigenvalue weighted by atomic mass is 9.81. The molecule has 1 saturated heterocycles. The first-order valence-corrected chi connectivity index (χ1v) is 5.71. The van der Waals surface area contributed by atoms with Crippen molar-refractivity contribution in [2.24, 2.45) is 11.3 Å². The van der Waals surface area contributed by atoms with Crippen LogP contribution in [0.25, 0.3) is 0 Å². The molecule has 3 nitrogen and oxygen atoms in total. The predicted octanol–water partition coefficient (Wildman–Crippen LogP) is 1.86. The van der Waals surface area contributed by atoms with Crippen LogP contribution in [0.2, 0.25) is 0 Å². The van der Waals surface area contributed by atoms with Crippen molar-refractivity contribution >= 4 is 11.7 Å². The van der Waals surface area contributed by atoms with Crippen molar-refractivity contribution in [2.45, 2.75) is 40.5 Å². The molecule has 0 spiro atoms. The van der Waals surface area contributed by atoms with Crippen molar-refractivity contribution in [3.05, 3.63) is 0 Å². The number of carbonyl (C=O) groups excluding carboxylic acids is 2. The maximum atomic E-state index is 12.1. The fourth-order valence-corrected chi connectivity index (χ4v) is 2.14. The summed E-state index contributed by atoms with van der Waals surface area (Å²) >= 11 is 0. The summed E-state index contributed by atoms with van der Waals surface area (Å²) in [5.41, 5.74) is -0.849. The zero-order chi connectivity index (χ0) is 11.6. The maximum absolute atomic E-state index is 12.1. The Morgan fingerprint density at radius 1 is 1.13 bits per heavy atom. The Kier molecular flexibility index (Phi) is 3.53. The highest BCUT2D eigenvalue weighted by atomic mass is 16.2. The third kappa shape index (κ3) is 2.39. The number of Topliss-reactive ketones (excluding diaryl/α,β-unsaturated/α-hetero) is 1. The quantitative estimate of drug-likeness (QED) is 0.668. The lowest BCUT2D eigenvalue weighted by molar-refractivity contribution is -0.148. The molecule has 1 fully saturated rings. The minimum absolute atomic E-state index is 0.00120. The monoisotopic (exact) mass is 211 g/mol. The van der Waals surface area contributed by atoms with Gasteiger partial charge in [0.1, 0.15) is 11.2 Å². The van der Waals surface area contributed by atoms with Gasteiger partial charge in [0.15, 0.2) is 0 Å². The van der Waals surface area contributed by atoms with E-state index in [2.05, 4.69) is 0 Å². The molecule has 0 atom stereocenters. The average Bonchev–Trinajstić information content (AvgIpc) is 2.67. The molecular weight excluding hydrogens is 190 g/mol. The van der Waals surface area contributed by atoms with Crippen molar-refractivity contribution in [3.8, 4) is 0 Å². The molecule has 1 aliphatic heterocycles. The third-order valence-corrected chi connectivity index (χ3v) is 3.07. The second-order valence-corrected chi connectivity index (χ2v) is 5.14. The van der Waals surface area contributed by atoms with Crippen molar-refractivity contribution in [1.82, 2.24) is 4.90 Å². The Hall–Kier alpha value is -0.860.